The first-order valence-electron chi connectivity index (χ1n) is 6.54. The van der Waals surface area contributed by atoms with Gasteiger partial charge in [-0.15, -0.1) is 0 Å². The Morgan fingerprint density at radius 2 is 1.70 bits per heavy atom. The largest absolute Gasteiger partial charge is 0.457 e. The summed E-state index contributed by atoms with van der Waals surface area (Å²) in [5.41, 5.74) is 8.53. The molecule has 3 rings (SSSR count). The summed E-state index contributed by atoms with van der Waals surface area (Å²) in [6.45, 7) is 0.396. The van der Waals surface area contributed by atoms with Crippen LogP contribution in [0.15, 0.2) is 59.6 Å². The molecule has 4 heteroatoms. The van der Waals surface area contributed by atoms with Crippen molar-refractivity contribution in [3.05, 3.63) is 60.2 Å². The molecule has 20 heavy (non-hydrogen) atoms. The van der Waals surface area contributed by atoms with E-state index >= 15 is 0 Å². The lowest BCUT2D eigenvalue weighted by molar-refractivity contribution is 0.0448. The molecule has 1 aliphatic rings. The molecule has 1 aliphatic heterocycles. The Balaban J connectivity index is 1.76. The van der Waals surface area contributed by atoms with Crippen molar-refractivity contribution in [2.45, 2.75) is 12.2 Å². The molecule has 0 amide bonds. The number of aliphatic hydroxyl groups excluding tert-OH is 1. The molecule has 0 fully saturated rings. The molecule has 2 unspecified atom stereocenters. The van der Waals surface area contributed by atoms with Gasteiger partial charge >= 0.3 is 0 Å². The van der Waals surface area contributed by atoms with Crippen LogP contribution in [0, 0.1) is 0 Å². The molecule has 0 radical (unpaired) electrons. The average molecular weight is 268 g/mol. The highest BCUT2D eigenvalue weighted by atomic mass is 16.5. The van der Waals surface area contributed by atoms with Gasteiger partial charge in [-0.05, 0) is 16.7 Å². The predicted octanol–water partition coefficient (Wildman–Crippen LogP) is 2.10. The Morgan fingerprint density at radius 1 is 1.05 bits per heavy atom. The number of nitrogens with two attached hydrogens (primary N) is 1. The number of ether oxygens (including phenoxy) is 1. The van der Waals surface area contributed by atoms with E-state index in [-0.39, 0.29) is 6.02 Å². The first kappa shape index (κ1) is 12.7. The van der Waals surface area contributed by atoms with Crippen LogP contribution in [-0.2, 0) is 4.74 Å². The highest BCUT2D eigenvalue weighted by Gasteiger charge is 2.27. The van der Waals surface area contributed by atoms with E-state index in [1.54, 1.807) is 0 Å². The van der Waals surface area contributed by atoms with Crippen LogP contribution in [0.2, 0.25) is 0 Å². The Kier molecular flexibility index (Phi) is 3.39. The molecule has 0 saturated carbocycles. The van der Waals surface area contributed by atoms with Gasteiger partial charge in [-0.25, -0.2) is 4.99 Å². The fourth-order valence-corrected chi connectivity index (χ4v) is 2.29. The average Bonchev–Trinajstić information content (AvgIpc) is 2.94. The van der Waals surface area contributed by atoms with Gasteiger partial charge in [0.05, 0.1) is 6.54 Å². The molecule has 2 aromatic rings. The summed E-state index contributed by atoms with van der Waals surface area (Å²) in [6.07, 6.45) is -1.11. The molecule has 1 heterocycles. The molecular weight excluding hydrogens is 252 g/mol. The zero-order valence-corrected chi connectivity index (χ0v) is 10.9. The number of aliphatic imine (C=N–C) groups is 1. The van der Waals surface area contributed by atoms with E-state index in [2.05, 4.69) is 17.1 Å². The number of hydrogen-bond acceptors (Lipinski definition) is 4. The molecule has 102 valence electrons. The summed E-state index contributed by atoms with van der Waals surface area (Å²) in [5, 5.41) is 10.2. The van der Waals surface area contributed by atoms with Crippen molar-refractivity contribution in [2.24, 2.45) is 10.7 Å². The van der Waals surface area contributed by atoms with Gasteiger partial charge in [0.15, 0.2) is 6.10 Å². The molecule has 0 spiro atoms. The van der Waals surface area contributed by atoms with Crippen LogP contribution < -0.4 is 5.73 Å². The number of nitrogens with zero attached hydrogens (tertiary/aromatic N) is 1. The third-order valence-electron chi connectivity index (χ3n) is 3.41. The third-order valence-corrected chi connectivity index (χ3v) is 3.41. The van der Waals surface area contributed by atoms with Gasteiger partial charge in [-0.3, -0.25) is 0 Å². The Hall–Kier alpha value is -2.33. The lowest BCUT2D eigenvalue weighted by Crippen LogP contribution is -2.24. The SMILES string of the molecule is NC1=NCC(C(O)c2ccc(-c3ccccc3)cc2)O1. The van der Waals surface area contributed by atoms with Crippen molar-refractivity contribution in [3.8, 4) is 11.1 Å². The van der Waals surface area contributed by atoms with Crippen LogP contribution >= 0.6 is 0 Å². The second-order valence-corrected chi connectivity index (χ2v) is 4.77. The van der Waals surface area contributed by atoms with Crippen LogP contribution in [0.1, 0.15) is 11.7 Å². The molecule has 2 atom stereocenters. The molecule has 0 bridgehead atoms. The van der Waals surface area contributed by atoms with Crippen molar-refractivity contribution in [2.75, 3.05) is 6.54 Å². The predicted molar refractivity (Wildman–Crippen MR) is 78.2 cm³/mol. The maximum Gasteiger partial charge on any atom is 0.282 e. The molecule has 0 saturated heterocycles. The van der Waals surface area contributed by atoms with Gasteiger partial charge in [0.2, 0.25) is 0 Å². The van der Waals surface area contributed by atoms with Crippen LogP contribution in [0.3, 0.4) is 0 Å². The van der Waals surface area contributed by atoms with E-state index in [0.717, 1.165) is 16.7 Å². The first-order valence-corrected chi connectivity index (χ1v) is 6.54. The molecular formula is C16H16N2O2. The fraction of sp³-hybridized carbons (Fsp3) is 0.188. The molecule has 0 aliphatic carbocycles. The summed E-state index contributed by atoms with van der Waals surface area (Å²) in [5.74, 6) is 0. The van der Waals surface area contributed by atoms with Gasteiger partial charge in [-0.2, -0.15) is 0 Å². The number of rotatable bonds is 3. The zero-order valence-electron chi connectivity index (χ0n) is 10.9. The quantitative estimate of drug-likeness (QED) is 0.895. The number of benzene rings is 2. The summed E-state index contributed by atoms with van der Waals surface area (Å²) in [7, 11) is 0. The van der Waals surface area contributed by atoms with Gasteiger partial charge in [0.25, 0.3) is 6.02 Å². The highest BCUT2D eigenvalue weighted by molar-refractivity contribution is 5.73. The first-order chi connectivity index (χ1) is 9.74. The van der Waals surface area contributed by atoms with Crippen molar-refractivity contribution < 1.29 is 9.84 Å². The Morgan fingerprint density at radius 3 is 2.30 bits per heavy atom. The van der Waals surface area contributed by atoms with Gasteiger partial charge in [0, 0.05) is 0 Å². The maximum absolute atomic E-state index is 10.2. The second kappa shape index (κ2) is 5.35. The Bertz CT molecular complexity index is 608. The molecule has 3 N–H and O–H groups in total. The Labute approximate surface area is 117 Å². The lowest BCUT2D eigenvalue weighted by atomic mass is 10.00. The zero-order chi connectivity index (χ0) is 13.9. The van der Waals surface area contributed by atoms with E-state index in [1.807, 2.05) is 42.5 Å². The van der Waals surface area contributed by atoms with E-state index in [0.29, 0.717) is 6.54 Å². The molecule has 0 aromatic heterocycles. The maximum atomic E-state index is 10.2. The summed E-state index contributed by atoms with van der Waals surface area (Å²) < 4.78 is 5.27. The van der Waals surface area contributed by atoms with E-state index in [9.17, 15) is 5.11 Å². The minimum atomic E-state index is -0.718. The van der Waals surface area contributed by atoms with Crippen LogP contribution in [0.5, 0.6) is 0 Å². The van der Waals surface area contributed by atoms with E-state index in [4.69, 9.17) is 10.5 Å². The smallest absolute Gasteiger partial charge is 0.282 e. The third kappa shape index (κ3) is 2.51. The van der Waals surface area contributed by atoms with E-state index < -0.39 is 12.2 Å². The lowest BCUT2D eigenvalue weighted by Gasteiger charge is -2.17. The number of hydrogen-bond donors (Lipinski definition) is 2. The van der Waals surface area contributed by atoms with Crippen molar-refractivity contribution in [1.29, 1.82) is 0 Å². The normalized spacial score (nSPS) is 19.2. The van der Waals surface area contributed by atoms with Gasteiger partial charge < -0.3 is 15.6 Å². The molecule has 2 aromatic carbocycles. The second-order valence-electron chi connectivity index (χ2n) is 4.77. The minimum Gasteiger partial charge on any atom is -0.457 e. The number of amidine groups is 1. The summed E-state index contributed by atoms with van der Waals surface area (Å²) in [6, 6.07) is 18.1. The van der Waals surface area contributed by atoms with E-state index in [1.165, 1.54) is 0 Å². The van der Waals surface area contributed by atoms with Gasteiger partial charge in [0.1, 0.15) is 6.10 Å². The van der Waals surface area contributed by atoms with Crippen LogP contribution in [0.25, 0.3) is 11.1 Å². The van der Waals surface area contributed by atoms with Crippen LogP contribution in [-0.4, -0.2) is 23.8 Å². The standard InChI is InChI=1S/C16H16N2O2/c17-16-18-10-14(20-16)15(19)13-8-6-12(7-9-13)11-4-2-1-3-5-11/h1-9,14-15,19H,10H2,(H2,17,18). The van der Waals surface area contributed by atoms with Crippen molar-refractivity contribution in [1.82, 2.24) is 0 Å². The fourth-order valence-electron chi connectivity index (χ4n) is 2.29. The van der Waals surface area contributed by atoms with Crippen molar-refractivity contribution in [3.63, 3.8) is 0 Å². The topological polar surface area (TPSA) is 67.8 Å². The summed E-state index contributed by atoms with van der Waals surface area (Å²) >= 11 is 0. The van der Waals surface area contributed by atoms with Crippen LogP contribution in [0.4, 0.5) is 0 Å². The monoisotopic (exact) mass is 268 g/mol. The molecule has 4 nitrogen and oxygen atoms in total. The number of aliphatic hydroxyl groups is 1. The van der Waals surface area contributed by atoms with Gasteiger partial charge in [-0.1, -0.05) is 54.6 Å². The van der Waals surface area contributed by atoms with Crippen molar-refractivity contribution >= 4 is 6.02 Å². The highest BCUT2D eigenvalue weighted by Crippen LogP contribution is 2.25. The summed E-state index contributed by atoms with van der Waals surface area (Å²) in [4.78, 5) is 3.94. The minimum absolute atomic E-state index is 0.148.